The number of hydrogen-bond donors (Lipinski definition) is 0. The summed E-state index contributed by atoms with van der Waals surface area (Å²) < 4.78 is 6.48. The van der Waals surface area contributed by atoms with Crippen LogP contribution in [0.2, 0.25) is 0 Å². The highest BCUT2D eigenvalue weighted by Crippen LogP contribution is 2.12. The number of nitrogens with zero attached hydrogens (tertiary/aromatic N) is 1. The molecule has 0 bridgehead atoms. The minimum Gasteiger partial charge on any atom is -0.453 e. The van der Waals surface area contributed by atoms with Crippen molar-refractivity contribution in [2.45, 2.75) is 6.92 Å². The van der Waals surface area contributed by atoms with Crippen molar-refractivity contribution in [3.63, 3.8) is 0 Å². The molecule has 2 heterocycles. The Bertz CT molecular complexity index is 655. The second kappa shape index (κ2) is 5.83. The third-order valence-electron chi connectivity index (χ3n) is 2.75. The maximum atomic E-state index is 11.9. The number of carbonyl (C=O) groups is 3. The van der Waals surface area contributed by atoms with E-state index in [0.29, 0.717) is 10.4 Å². The highest BCUT2D eigenvalue weighted by molar-refractivity contribution is 7.12. The van der Waals surface area contributed by atoms with Crippen molar-refractivity contribution >= 4 is 28.9 Å². The molecule has 5 nitrogen and oxygen atoms in total. The molecular weight excluding hydrogens is 278 g/mol. The number of Topliss-reactive ketones (excluding diaryl/α,β-unsaturated/α-hetero) is 2. The lowest BCUT2D eigenvalue weighted by atomic mass is 10.2. The lowest BCUT2D eigenvalue weighted by Crippen LogP contribution is -2.15. The van der Waals surface area contributed by atoms with Gasteiger partial charge in [-0.05, 0) is 24.4 Å². The Morgan fingerprint density at radius 2 is 2.10 bits per heavy atom. The number of ketones is 2. The van der Waals surface area contributed by atoms with Crippen molar-refractivity contribution in [3.8, 4) is 0 Å². The Labute approximate surface area is 119 Å². The molecule has 0 fully saturated rings. The zero-order valence-corrected chi connectivity index (χ0v) is 11.9. The van der Waals surface area contributed by atoms with Crippen LogP contribution in [0.3, 0.4) is 0 Å². The van der Waals surface area contributed by atoms with Crippen LogP contribution in [-0.2, 0) is 11.8 Å². The maximum Gasteiger partial charge on any atom is 0.355 e. The molecule has 0 unspecified atom stereocenters. The molecule has 104 valence electrons. The van der Waals surface area contributed by atoms with Gasteiger partial charge in [0.15, 0.2) is 12.4 Å². The van der Waals surface area contributed by atoms with Crippen molar-refractivity contribution in [3.05, 3.63) is 45.9 Å². The van der Waals surface area contributed by atoms with Gasteiger partial charge in [-0.25, -0.2) is 4.79 Å². The third kappa shape index (κ3) is 3.03. The first-order valence-electron chi connectivity index (χ1n) is 5.90. The molecule has 0 atom stereocenters. The second-order valence-electron chi connectivity index (χ2n) is 4.26. The van der Waals surface area contributed by atoms with E-state index in [9.17, 15) is 14.4 Å². The van der Waals surface area contributed by atoms with Gasteiger partial charge in [-0.3, -0.25) is 9.59 Å². The first kappa shape index (κ1) is 14.2. The zero-order valence-electron chi connectivity index (χ0n) is 11.1. The quantitative estimate of drug-likeness (QED) is 0.626. The zero-order chi connectivity index (χ0) is 14.7. The van der Waals surface area contributed by atoms with E-state index in [4.69, 9.17) is 4.74 Å². The molecule has 0 saturated heterocycles. The fourth-order valence-corrected chi connectivity index (χ4v) is 2.32. The molecule has 0 spiro atoms. The Morgan fingerprint density at radius 3 is 2.65 bits per heavy atom. The van der Waals surface area contributed by atoms with E-state index in [1.165, 1.54) is 28.9 Å². The number of esters is 1. The van der Waals surface area contributed by atoms with Crippen molar-refractivity contribution in [2.75, 3.05) is 6.61 Å². The van der Waals surface area contributed by atoms with E-state index in [2.05, 4.69) is 0 Å². The van der Waals surface area contributed by atoms with Gasteiger partial charge in [-0.2, -0.15) is 0 Å². The van der Waals surface area contributed by atoms with Crippen LogP contribution in [0.25, 0.3) is 0 Å². The van der Waals surface area contributed by atoms with Gasteiger partial charge in [0.1, 0.15) is 5.69 Å². The highest BCUT2D eigenvalue weighted by Gasteiger charge is 2.17. The SMILES string of the molecule is CC(=O)c1cc(C(=O)OCC(=O)c2cccs2)n(C)c1. The summed E-state index contributed by atoms with van der Waals surface area (Å²) in [6, 6.07) is 4.90. The summed E-state index contributed by atoms with van der Waals surface area (Å²) in [5.74, 6) is -0.992. The molecule has 0 amide bonds. The molecule has 0 radical (unpaired) electrons. The maximum absolute atomic E-state index is 11.9. The van der Waals surface area contributed by atoms with E-state index in [-0.39, 0.29) is 23.9 Å². The normalized spacial score (nSPS) is 10.3. The van der Waals surface area contributed by atoms with Crippen LogP contribution < -0.4 is 0 Å². The van der Waals surface area contributed by atoms with E-state index in [1.54, 1.807) is 30.8 Å². The van der Waals surface area contributed by atoms with Crippen LogP contribution in [0.1, 0.15) is 37.4 Å². The second-order valence-corrected chi connectivity index (χ2v) is 5.21. The standard InChI is InChI=1S/C14H13NO4S/c1-9(16)10-6-11(15(2)7-10)14(18)19-8-12(17)13-4-3-5-20-13/h3-7H,8H2,1-2H3. The topological polar surface area (TPSA) is 65.4 Å². The van der Waals surface area contributed by atoms with Crippen LogP contribution in [-0.4, -0.2) is 28.7 Å². The van der Waals surface area contributed by atoms with Gasteiger partial charge < -0.3 is 9.30 Å². The smallest absolute Gasteiger partial charge is 0.355 e. The minimum atomic E-state index is -0.620. The van der Waals surface area contributed by atoms with Crippen LogP contribution in [0, 0.1) is 0 Å². The van der Waals surface area contributed by atoms with Gasteiger partial charge in [-0.15, -0.1) is 11.3 Å². The van der Waals surface area contributed by atoms with E-state index >= 15 is 0 Å². The van der Waals surface area contributed by atoms with Gasteiger partial charge in [-0.1, -0.05) is 6.07 Å². The number of ether oxygens (including phenoxy) is 1. The lowest BCUT2D eigenvalue weighted by Gasteiger charge is -2.03. The predicted octanol–water partition coefficient (Wildman–Crippen LogP) is 2.33. The first-order valence-corrected chi connectivity index (χ1v) is 6.78. The van der Waals surface area contributed by atoms with Crippen LogP contribution in [0.4, 0.5) is 0 Å². The Kier molecular flexibility index (Phi) is 4.14. The number of rotatable bonds is 5. The number of carbonyl (C=O) groups excluding carboxylic acids is 3. The number of aryl methyl sites for hydroxylation is 1. The summed E-state index contributed by atoms with van der Waals surface area (Å²) in [5.41, 5.74) is 0.679. The van der Waals surface area contributed by atoms with E-state index in [1.807, 2.05) is 0 Å². The molecule has 2 aromatic rings. The summed E-state index contributed by atoms with van der Waals surface area (Å²) >= 11 is 1.30. The van der Waals surface area contributed by atoms with Gasteiger partial charge in [0.05, 0.1) is 4.88 Å². The van der Waals surface area contributed by atoms with Crippen LogP contribution in [0.15, 0.2) is 29.8 Å². The third-order valence-corrected chi connectivity index (χ3v) is 3.66. The average Bonchev–Trinajstić information content (AvgIpc) is 3.04. The number of thiophene rings is 1. The molecule has 0 aliphatic rings. The van der Waals surface area contributed by atoms with Crippen molar-refractivity contribution in [2.24, 2.45) is 7.05 Å². The van der Waals surface area contributed by atoms with Crippen molar-refractivity contribution < 1.29 is 19.1 Å². The van der Waals surface area contributed by atoms with Crippen molar-refractivity contribution in [1.29, 1.82) is 0 Å². The molecule has 20 heavy (non-hydrogen) atoms. The molecule has 0 aliphatic heterocycles. The van der Waals surface area contributed by atoms with Gasteiger partial charge >= 0.3 is 5.97 Å². The highest BCUT2D eigenvalue weighted by atomic mass is 32.1. The molecule has 0 saturated carbocycles. The molecule has 6 heteroatoms. The molecule has 2 rings (SSSR count). The summed E-state index contributed by atoms with van der Waals surface area (Å²) in [6.07, 6.45) is 1.56. The summed E-state index contributed by atoms with van der Waals surface area (Å²) in [4.78, 5) is 35.4. The van der Waals surface area contributed by atoms with Gasteiger partial charge in [0, 0.05) is 18.8 Å². The lowest BCUT2D eigenvalue weighted by molar-refractivity contribution is 0.0466. The fraction of sp³-hybridized carbons (Fsp3) is 0.214. The molecule has 2 aromatic heterocycles. The van der Waals surface area contributed by atoms with Crippen LogP contribution >= 0.6 is 11.3 Å². The fourth-order valence-electron chi connectivity index (χ4n) is 1.67. The molecular formula is C14H13NO4S. The molecule has 0 aliphatic carbocycles. The largest absolute Gasteiger partial charge is 0.453 e. The Balaban J connectivity index is 2.02. The van der Waals surface area contributed by atoms with Crippen molar-refractivity contribution in [1.82, 2.24) is 4.57 Å². The van der Waals surface area contributed by atoms with E-state index in [0.717, 1.165) is 0 Å². The minimum absolute atomic E-state index is 0.130. The number of hydrogen-bond acceptors (Lipinski definition) is 5. The average molecular weight is 291 g/mol. The van der Waals surface area contributed by atoms with Crippen LogP contribution in [0.5, 0.6) is 0 Å². The summed E-state index contributed by atoms with van der Waals surface area (Å²) in [5, 5.41) is 1.78. The summed E-state index contributed by atoms with van der Waals surface area (Å²) in [7, 11) is 1.64. The van der Waals surface area contributed by atoms with Gasteiger partial charge in [0.2, 0.25) is 5.78 Å². The number of aromatic nitrogens is 1. The molecule has 0 aromatic carbocycles. The predicted molar refractivity (Wildman–Crippen MR) is 74.3 cm³/mol. The first-order chi connectivity index (χ1) is 9.49. The Morgan fingerprint density at radius 1 is 1.35 bits per heavy atom. The van der Waals surface area contributed by atoms with E-state index < -0.39 is 5.97 Å². The molecule has 0 N–H and O–H groups in total. The van der Waals surface area contributed by atoms with Gasteiger partial charge in [0.25, 0.3) is 0 Å². The summed E-state index contributed by atoms with van der Waals surface area (Å²) in [6.45, 7) is 1.12. The Hall–Kier alpha value is -2.21. The monoisotopic (exact) mass is 291 g/mol.